The van der Waals surface area contributed by atoms with Gasteiger partial charge in [0.05, 0.1) is 0 Å². The fraction of sp³-hybridized carbons (Fsp3) is 0.444. The maximum Gasteiger partial charge on any atom is -0.00193 e. The molecule has 1 heteroatoms. The van der Waals surface area contributed by atoms with Crippen molar-refractivity contribution in [1.29, 1.82) is 0 Å². The average Bonchev–Trinajstić information content (AvgIpc) is 2.86. The van der Waals surface area contributed by atoms with Crippen molar-refractivity contribution >= 4 is 7.53 Å². The normalized spacial score (nSPS) is 11.8. The molecule has 0 N–H and O–H groups in total. The molecular weight excluding hydrogens is 247 g/mol. The number of aryl methyl sites for hydroxylation is 1. The van der Waals surface area contributed by atoms with Gasteiger partial charge in [-0.15, -0.1) is 0 Å². The van der Waals surface area contributed by atoms with Gasteiger partial charge in [-0.2, -0.15) is 0 Å². The molecule has 0 saturated heterocycles. The minimum absolute atomic E-state index is 0.172. The van der Waals surface area contributed by atoms with Crippen LogP contribution in [0.3, 0.4) is 0 Å². The summed E-state index contributed by atoms with van der Waals surface area (Å²) in [5.41, 5.74) is 1.64. The largest absolute Gasteiger partial charge is 0.0898 e. The van der Waals surface area contributed by atoms with Gasteiger partial charge in [0.15, 0.2) is 0 Å². The van der Waals surface area contributed by atoms with Crippen LogP contribution in [-0.2, 0) is 12.8 Å². The van der Waals surface area contributed by atoms with Crippen LogP contribution in [0.2, 0.25) is 0 Å². The van der Waals surface area contributed by atoms with Crippen LogP contribution in [-0.4, -0.2) is 0 Å². The minimum Gasteiger partial charge on any atom is -0.0898 e. The van der Waals surface area contributed by atoms with Crippen molar-refractivity contribution in [3.05, 3.63) is 53.1 Å². The maximum absolute atomic E-state index is 2.47. The second-order valence-corrected chi connectivity index (χ2v) is 7.29. The summed E-state index contributed by atoms with van der Waals surface area (Å²) >= 11 is 0. The molecule has 1 unspecified atom stereocenters. The zero-order chi connectivity index (χ0) is 13.5. The van der Waals surface area contributed by atoms with E-state index >= 15 is 0 Å². The molecule has 2 aromatic rings. The number of hydrogen-bond donors (Lipinski definition) is 0. The Hall–Kier alpha value is -1.00. The Labute approximate surface area is 118 Å². The molecule has 0 nitrogen and oxygen atoms in total. The van der Waals surface area contributed by atoms with Gasteiger partial charge in [-0.3, -0.25) is 0 Å². The Bertz CT molecular complexity index is 482. The molecule has 0 amide bonds. The van der Waals surface area contributed by atoms with Crippen molar-refractivity contribution in [1.82, 2.24) is 0 Å². The lowest BCUT2D eigenvalue weighted by atomic mass is 10.1. The fourth-order valence-corrected chi connectivity index (χ4v) is 4.94. The lowest BCUT2D eigenvalue weighted by Gasteiger charge is -2.09. The summed E-state index contributed by atoms with van der Waals surface area (Å²) in [6, 6.07) is 13.5. The van der Waals surface area contributed by atoms with E-state index in [0.29, 0.717) is 0 Å². The lowest BCUT2D eigenvalue weighted by Crippen LogP contribution is -1.89. The Balaban J connectivity index is 2.29. The monoisotopic (exact) mass is 272 g/mol. The highest BCUT2D eigenvalue weighted by Crippen LogP contribution is 2.46. The van der Waals surface area contributed by atoms with Gasteiger partial charge in [0.2, 0.25) is 0 Å². The zero-order valence-electron chi connectivity index (χ0n) is 12.2. The van der Waals surface area contributed by atoms with Gasteiger partial charge in [-0.25, -0.2) is 0 Å². The quantitative estimate of drug-likeness (QED) is 0.551. The van der Waals surface area contributed by atoms with Gasteiger partial charge in [0.1, 0.15) is 0 Å². The molecule has 0 aliphatic carbocycles. The van der Waals surface area contributed by atoms with Crippen molar-refractivity contribution in [2.45, 2.75) is 52.4 Å². The topological polar surface area (TPSA) is 0 Å². The third-order valence-electron chi connectivity index (χ3n) is 3.69. The first-order valence-corrected chi connectivity index (χ1v) is 9.02. The fourth-order valence-electron chi connectivity index (χ4n) is 2.56. The number of benzene rings is 1. The van der Waals surface area contributed by atoms with Crippen LogP contribution in [0.1, 0.15) is 50.4 Å². The van der Waals surface area contributed by atoms with Crippen molar-refractivity contribution < 1.29 is 0 Å². The first-order valence-electron chi connectivity index (χ1n) is 7.61. The predicted octanol–water partition coefficient (Wildman–Crippen LogP) is 6.35. The molecule has 102 valence electrons. The van der Waals surface area contributed by atoms with Gasteiger partial charge >= 0.3 is 0 Å². The third kappa shape index (κ3) is 3.74. The van der Waals surface area contributed by atoms with Crippen molar-refractivity contribution in [2.75, 3.05) is 0 Å². The molecule has 1 atom stereocenters. The smallest absolute Gasteiger partial charge is 0.00193 e. The molecule has 1 aromatic heterocycles. The standard InChI is InChI=1S/C18H25P/c1-3-5-10-16-14-15-19(18(16)13-6-4-2)17-11-8-7-9-12-17/h7-9,11-12,14-15H,3-6,10,13H2,1-2H3. The van der Waals surface area contributed by atoms with Crippen LogP contribution in [0.15, 0.2) is 42.2 Å². The molecule has 1 aromatic carbocycles. The second kappa shape index (κ2) is 7.56. The highest BCUT2D eigenvalue weighted by molar-refractivity contribution is 7.57. The Kier molecular flexibility index (Phi) is 5.73. The molecule has 0 fully saturated rings. The van der Waals surface area contributed by atoms with E-state index in [1.807, 2.05) is 0 Å². The highest BCUT2D eigenvalue weighted by Gasteiger charge is 2.10. The summed E-state index contributed by atoms with van der Waals surface area (Å²) in [7, 11) is -0.172. The van der Waals surface area contributed by atoms with E-state index in [0.717, 1.165) is 0 Å². The Morgan fingerprint density at radius 1 is 0.842 bits per heavy atom. The molecule has 0 radical (unpaired) electrons. The van der Waals surface area contributed by atoms with E-state index in [2.05, 4.69) is 56.0 Å². The number of unbranched alkanes of at least 4 members (excludes halogenated alkanes) is 2. The van der Waals surface area contributed by atoms with E-state index in [1.165, 1.54) is 43.8 Å². The van der Waals surface area contributed by atoms with Crippen LogP contribution in [0.5, 0.6) is 0 Å². The Morgan fingerprint density at radius 3 is 2.21 bits per heavy atom. The molecular formula is C18H25P. The van der Waals surface area contributed by atoms with Crippen LogP contribution < -0.4 is 0 Å². The van der Waals surface area contributed by atoms with Crippen LogP contribution >= 0.6 is 7.53 Å². The van der Waals surface area contributed by atoms with Gasteiger partial charge in [-0.1, -0.05) is 70.6 Å². The summed E-state index contributed by atoms with van der Waals surface area (Å²) in [5.74, 6) is 2.47. The minimum atomic E-state index is -0.172. The molecule has 0 aliphatic heterocycles. The van der Waals surface area contributed by atoms with Crippen LogP contribution in [0.25, 0.3) is 5.30 Å². The first kappa shape index (κ1) is 14.4. The SMILES string of the molecule is CCCCc1ccp(-c2ccccc2)c1CCCC. The zero-order valence-corrected chi connectivity index (χ0v) is 13.1. The van der Waals surface area contributed by atoms with Crippen LogP contribution in [0.4, 0.5) is 0 Å². The molecule has 19 heavy (non-hydrogen) atoms. The molecule has 0 aliphatic rings. The van der Waals surface area contributed by atoms with Crippen LogP contribution in [0, 0.1) is 0 Å². The van der Waals surface area contributed by atoms with E-state index in [-0.39, 0.29) is 7.53 Å². The third-order valence-corrected chi connectivity index (χ3v) is 6.08. The molecule has 0 saturated carbocycles. The number of rotatable bonds is 7. The Morgan fingerprint density at radius 2 is 1.53 bits per heavy atom. The van der Waals surface area contributed by atoms with E-state index < -0.39 is 0 Å². The lowest BCUT2D eigenvalue weighted by molar-refractivity contribution is 0.767. The summed E-state index contributed by atoms with van der Waals surface area (Å²) in [6.07, 6.45) is 7.82. The van der Waals surface area contributed by atoms with E-state index in [1.54, 1.807) is 10.9 Å². The van der Waals surface area contributed by atoms with E-state index in [4.69, 9.17) is 0 Å². The maximum atomic E-state index is 2.47. The summed E-state index contributed by atoms with van der Waals surface area (Å²) in [4.78, 5) is 0. The second-order valence-electron chi connectivity index (χ2n) is 5.20. The number of hydrogen-bond acceptors (Lipinski definition) is 0. The average molecular weight is 272 g/mol. The first-order chi connectivity index (χ1) is 9.36. The van der Waals surface area contributed by atoms with Gasteiger partial charge < -0.3 is 0 Å². The van der Waals surface area contributed by atoms with Gasteiger partial charge in [0, 0.05) is 0 Å². The van der Waals surface area contributed by atoms with Crippen molar-refractivity contribution in [2.24, 2.45) is 0 Å². The summed E-state index contributed by atoms with van der Waals surface area (Å²) < 4.78 is 0. The summed E-state index contributed by atoms with van der Waals surface area (Å²) in [6.45, 7) is 4.57. The molecule has 2 rings (SSSR count). The van der Waals surface area contributed by atoms with Crippen molar-refractivity contribution in [3.8, 4) is 5.30 Å². The van der Waals surface area contributed by atoms with Crippen molar-refractivity contribution in [3.63, 3.8) is 0 Å². The van der Waals surface area contributed by atoms with E-state index in [9.17, 15) is 0 Å². The van der Waals surface area contributed by atoms with Gasteiger partial charge in [-0.05, 0) is 47.6 Å². The van der Waals surface area contributed by atoms with Gasteiger partial charge in [0.25, 0.3) is 0 Å². The highest BCUT2D eigenvalue weighted by atomic mass is 31.1. The predicted molar refractivity (Wildman–Crippen MR) is 87.7 cm³/mol. The molecule has 0 spiro atoms. The summed E-state index contributed by atoms with van der Waals surface area (Å²) in [5, 5.41) is 3.27. The molecule has 0 bridgehead atoms. The molecule has 1 heterocycles.